The summed E-state index contributed by atoms with van der Waals surface area (Å²) in [6, 6.07) is 12.8. The molecular weight excluding hydrogens is 471 g/mol. The van der Waals surface area contributed by atoms with Crippen LogP contribution in [0.3, 0.4) is 0 Å². The highest BCUT2D eigenvalue weighted by molar-refractivity contribution is 5.78. The molecule has 0 saturated carbocycles. The van der Waals surface area contributed by atoms with E-state index in [9.17, 15) is 13.2 Å². The highest BCUT2D eigenvalue weighted by atomic mass is 19.3. The predicted octanol–water partition coefficient (Wildman–Crippen LogP) is 4.91. The van der Waals surface area contributed by atoms with Crippen LogP contribution in [0.5, 0.6) is 0 Å². The van der Waals surface area contributed by atoms with Crippen LogP contribution < -0.4 is 10.7 Å². The Hall–Kier alpha value is -4.38. The number of benzene rings is 1. The normalized spacial score (nSPS) is 11.6. The number of hydrogen-bond donors (Lipinski definition) is 3. The molecule has 0 radical (unpaired) electrons. The first kappa shape index (κ1) is 24.7. The van der Waals surface area contributed by atoms with E-state index in [-0.39, 0.29) is 23.8 Å². The number of pyridine rings is 2. The monoisotopic (exact) mass is 493 g/mol. The molecule has 0 bridgehead atoms. The zero-order chi connectivity index (χ0) is 25.5. The summed E-state index contributed by atoms with van der Waals surface area (Å²) >= 11 is 0. The van der Waals surface area contributed by atoms with Crippen molar-refractivity contribution in [1.82, 2.24) is 19.9 Å². The first-order chi connectivity index (χ1) is 17.3. The van der Waals surface area contributed by atoms with Gasteiger partial charge >= 0.3 is 0 Å². The van der Waals surface area contributed by atoms with Crippen LogP contribution >= 0.6 is 0 Å². The number of hydrogen-bond acceptors (Lipinski definition) is 8. The van der Waals surface area contributed by atoms with Crippen LogP contribution in [-0.2, 0) is 12.3 Å². The van der Waals surface area contributed by atoms with Crippen LogP contribution in [0.2, 0.25) is 0 Å². The van der Waals surface area contributed by atoms with E-state index in [2.05, 4.69) is 35.8 Å². The van der Waals surface area contributed by atoms with Gasteiger partial charge in [0.2, 0.25) is 5.95 Å². The number of halogens is 3. The van der Waals surface area contributed by atoms with E-state index in [4.69, 9.17) is 5.11 Å². The fourth-order valence-electron chi connectivity index (χ4n) is 3.19. The third-order valence-electron chi connectivity index (χ3n) is 5.02. The van der Waals surface area contributed by atoms with Crippen molar-refractivity contribution in [2.24, 2.45) is 5.10 Å². The number of aliphatic hydroxyl groups is 1. The van der Waals surface area contributed by atoms with E-state index in [1.165, 1.54) is 24.5 Å². The van der Waals surface area contributed by atoms with Gasteiger partial charge in [0.05, 0.1) is 35.7 Å². The number of nitrogens with one attached hydrogen (secondary N) is 2. The average Bonchev–Trinajstić information content (AvgIpc) is 2.87. The van der Waals surface area contributed by atoms with Gasteiger partial charge in [0.25, 0.3) is 5.92 Å². The predicted molar refractivity (Wildman–Crippen MR) is 131 cm³/mol. The molecule has 3 N–H and O–H groups in total. The van der Waals surface area contributed by atoms with Crippen molar-refractivity contribution in [3.05, 3.63) is 89.8 Å². The van der Waals surface area contributed by atoms with Crippen LogP contribution in [0.1, 0.15) is 23.7 Å². The molecule has 0 aliphatic carbocycles. The summed E-state index contributed by atoms with van der Waals surface area (Å²) in [4.78, 5) is 16.4. The van der Waals surface area contributed by atoms with Crippen LogP contribution in [0, 0.1) is 5.82 Å². The molecule has 11 heteroatoms. The van der Waals surface area contributed by atoms with Crippen molar-refractivity contribution in [2.75, 3.05) is 17.3 Å². The van der Waals surface area contributed by atoms with Crippen LogP contribution in [0.15, 0.2) is 72.2 Å². The van der Waals surface area contributed by atoms with Gasteiger partial charge in [0.15, 0.2) is 5.82 Å². The zero-order valence-electron chi connectivity index (χ0n) is 19.2. The minimum absolute atomic E-state index is 0.00259. The lowest BCUT2D eigenvalue weighted by Gasteiger charge is -2.13. The largest absolute Gasteiger partial charge is 0.396 e. The van der Waals surface area contributed by atoms with E-state index in [0.717, 1.165) is 18.7 Å². The molecule has 3 heterocycles. The van der Waals surface area contributed by atoms with Crippen molar-refractivity contribution < 1.29 is 18.3 Å². The molecule has 0 aliphatic heterocycles. The molecule has 0 spiro atoms. The lowest BCUT2D eigenvalue weighted by molar-refractivity contribution is 0.0175. The van der Waals surface area contributed by atoms with E-state index in [0.29, 0.717) is 29.2 Å². The van der Waals surface area contributed by atoms with Crippen molar-refractivity contribution in [3.63, 3.8) is 0 Å². The Morgan fingerprint density at radius 2 is 1.86 bits per heavy atom. The topological polar surface area (TPSA) is 108 Å². The number of aromatic nitrogens is 4. The second-order valence-corrected chi connectivity index (χ2v) is 7.85. The Kier molecular flexibility index (Phi) is 7.50. The van der Waals surface area contributed by atoms with E-state index in [1.807, 2.05) is 0 Å². The quantitative estimate of drug-likeness (QED) is 0.225. The van der Waals surface area contributed by atoms with Gasteiger partial charge in [-0.1, -0.05) is 18.2 Å². The lowest BCUT2D eigenvalue weighted by atomic mass is 10.1. The molecule has 0 fully saturated rings. The SMILES string of the molecule is CC(F)(F)c1cccc(Nc2ccc(/C=N/Nc3ncc(F)c(-c4ccc(CCO)cn4)n3)nc2)c1. The molecular formula is C25H22F3N7O. The third-order valence-corrected chi connectivity index (χ3v) is 5.02. The summed E-state index contributed by atoms with van der Waals surface area (Å²) in [5, 5.41) is 16.1. The number of rotatable bonds is 9. The van der Waals surface area contributed by atoms with Gasteiger partial charge in [0.1, 0.15) is 5.69 Å². The smallest absolute Gasteiger partial charge is 0.270 e. The number of nitrogens with zero attached hydrogens (tertiary/aromatic N) is 5. The lowest BCUT2D eigenvalue weighted by Crippen LogP contribution is -2.07. The minimum atomic E-state index is -2.93. The van der Waals surface area contributed by atoms with Gasteiger partial charge in [-0.2, -0.15) is 5.10 Å². The summed E-state index contributed by atoms with van der Waals surface area (Å²) in [6.07, 6.45) is 5.99. The third kappa shape index (κ3) is 6.39. The number of hydrazone groups is 1. The van der Waals surface area contributed by atoms with Crippen molar-refractivity contribution in [1.29, 1.82) is 0 Å². The summed E-state index contributed by atoms with van der Waals surface area (Å²) in [5.41, 5.74) is 5.33. The molecule has 4 rings (SSSR count). The van der Waals surface area contributed by atoms with E-state index < -0.39 is 11.7 Å². The Morgan fingerprint density at radius 1 is 1.00 bits per heavy atom. The Bertz CT molecular complexity index is 1340. The zero-order valence-corrected chi connectivity index (χ0v) is 19.2. The molecule has 0 atom stereocenters. The maximum atomic E-state index is 14.2. The second kappa shape index (κ2) is 10.9. The van der Waals surface area contributed by atoms with Gasteiger partial charge in [-0.3, -0.25) is 9.97 Å². The van der Waals surface area contributed by atoms with Crippen molar-refractivity contribution in [3.8, 4) is 11.4 Å². The molecule has 8 nitrogen and oxygen atoms in total. The molecule has 0 saturated heterocycles. The fraction of sp³-hybridized carbons (Fsp3) is 0.160. The Labute approximate surface area is 205 Å². The second-order valence-electron chi connectivity index (χ2n) is 7.85. The van der Waals surface area contributed by atoms with E-state index in [1.54, 1.807) is 42.6 Å². The number of anilines is 3. The summed E-state index contributed by atoms with van der Waals surface area (Å²) in [7, 11) is 0. The van der Waals surface area contributed by atoms with Gasteiger partial charge in [-0.15, -0.1) is 0 Å². The highest BCUT2D eigenvalue weighted by Crippen LogP contribution is 2.29. The molecule has 36 heavy (non-hydrogen) atoms. The summed E-state index contributed by atoms with van der Waals surface area (Å²) < 4.78 is 41.3. The minimum Gasteiger partial charge on any atom is -0.396 e. The molecule has 1 aromatic carbocycles. The Balaban J connectivity index is 1.39. The molecule has 184 valence electrons. The first-order valence-electron chi connectivity index (χ1n) is 10.9. The molecule has 0 amide bonds. The van der Waals surface area contributed by atoms with Crippen molar-refractivity contribution in [2.45, 2.75) is 19.3 Å². The molecule has 4 aromatic rings. The Morgan fingerprint density at radius 3 is 2.56 bits per heavy atom. The first-order valence-corrected chi connectivity index (χ1v) is 10.9. The van der Waals surface area contributed by atoms with Gasteiger partial charge < -0.3 is 10.4 Å². The number of alkyl halides is 2. The maximum absolute atomic E-state index is 14.2. The summed E-state index contributed by atoms with van der Waals surface area (Å²) in [6.45, 7) is 0.846. The molecule has 3 aromatic heterocycles. The van der Waals surface area contributed by atoms with Gasteiger partial charge in [0, 0.05) is 31.0 Å². The maximum Gasteiger partial charge on any atom is 0.270 e. The van der Waals surface area contributed by atoms with Crippen LogP contribution in [0.25, 0.3) is 11.4 Å². The van der Waals surface area contributed by atoms with Crippen LogP contribution in [0.4, 0.5) is 30.5 Å². The fourth-order valence-corrected chi connectivity index (χ4v) is 3.19. The van der Waals surface area contributed by atoms with Crippen molar-refractivity contribution >= 4 is 23.5 Å². The summed E-state index contributed by atoms with van der Waals surface area (Å²) in [5.74, 6) is -3.50. The van der Waals surface area contributed by atoms with E-state index >= 15 is 0 Å². The highest BCUT2D eigenvalue weighted by Gasteiger charge is 2.24. The standard InChI is InChI=1S/C25H22F3N7O/c1-25(27,28)17-3-2-4-18(11-17)33-20-7-6-19(29-13-20)14-32-35-24-31-15-21(26)23(34-24)22-8-5-16(9-10-36)12-30-22/h2-8,11-15,33,36H,9-10H2,1H3,(H,31,34,35)/b32-14+. The molecule has 0 unspecified atom stereocenters. The van der Waals surface area contributed by atoms with Crippen LogP contribution in [-0.4, -0.2) is 37.9 Å². The molecule has 0 aliphatic rings. The average molecular weight is 493 g/mol. The number of aliphatic hydroxyl groups excluding tert-OH is 1. The van der Waals surface area contributed by atoms with Gasteiger partial charge in [-0.05, 0) is 42.3 Å². The van der Waals surface area contributed by atoms with Gasteiger partial charge in [-0.25, -0.2) is 28.6 Å².